The second-order valence-electron chi connectivity index (χ2n) is 6.17. The molecule has 1 fully saturated rings. The van der Waals surface area contributed by atoms with Gasteiger partial charge < -0.3 is 9.72 Å². The minimum absolute atomic E-state index is 0.118. The molecule has 0 saturated heterocycles. The maximum absolute atomic E-state index is 11.8. The molecule has 1 aliphatic carbocycles. The highest BCUT2D eigenvalue weighted by atomic mass is 35.5. The van der Waals surface area contributed by atoms with Crippen LogP contribution in [0.2, 0.25) is 5.02 Å². The minimum atomic E-state index is -0.118. The molecule has 0 spiro atoms. The highest BCUT2D eigenvalue weighted by Gasteiger charge is 2.26. The molecule has 0 bridgehead atoms. The first-order valence-electron chi connectivity index (χ1n) is 8.16. The van der Waals surface area contributed by atoms with Crippen molar-refractivity contribution in [3.05, 3.63) is 39.8 Å². The molecule has 1 aromatic carbocycles. The van der Waals surface area contributed by atoms with Crippen LogP contribution in [0.15, 0.2) is 29.2 Å². The van der Waals surface area contributed by atoms with Crippen molar-refractivity contribution in [2.24, 2.45) is 5.92 Å². The topological polar surface area (TPSA) is 42.1 Å². The Balaban J connectivity index is 1.89. The predicted octanol–water partition coefficient (Wildman–Crippen LogP) is 4.92. The molecule has 0 aliphatic heterocycles. The number of H-pyrrole nitrogens is 1. The van der Waals surface area contributed by atoms with Crippen molar-refractivity contribution < 1.29 is 4.74 Å². The van der Waals surface area contributed by atoms with E-state index < -0.39 is 0 Å². The Labute approximate surface area is 135 Å². The Morgan fingerprint density at radius 2 is 2.14 bits per heavy atom. The lowest BCUT2D eigenvalue weighted by Gasteiger charge is -2.32. The van der Waals surface area contributed by atoms with Gasteiger partial charge in [-0.1, -0.05) is 31.4 Å². The zero-order valence-electron chi connectivity index (χ0n) is 12.9. The van der Waals surface area contributed by atoms with E-state index in [-0.39, 0.29) is 11.7 Å². The van der Waals surface area contributed by atoms with Crippen LogP contribution in [0.5, 0.6) is 5.75 Å². The first-order chi connectivity index (χ1) is 10.7. The zero-order valence-corrected chi connectivity index (χ0v) is 13.7. The van der Waals surface area contributed by atoms with Crippen LogP contribution in [0, 0.1) is 5.92 Å². The van der Waals surface area contributed by atoms with Gasteiger partial charge in [-0.05, 0) is 55.2 Å². The summed E-state index contributed by atoms with van der Waals surface area (Å²) in [4.78, 5) is 14.5. The molecule has 2 aromatic rings. The molecule has 0 radical (unpaired) electrons. The number of aromatic nitrogens is 1. The highest BCUT2D eigenvalue weighted by molar-refractivity contribution is 6.32. The standard InChI is InChI=1S/C18H22ClNO2/c1-2-5-12-6-3-4-7-16(12)22-17-10-13-8-9-20-18(21)14(13)11-15(17)19/h8-12,16H,2-7H2,1H3,(H,20,21)/t12-,16?/m0/s1. The van der Waals surface area contributed by atoms with Gasteiger partial charge in [-0.3, -0.25) is 4.79 Å². The largest absolute Gasteiger partial charge is 0.489 e. The van der Waals surface area contributed by atoms with Crippen LogP contribution >= 0.6 is 11.6 Å². The van der Waals surface area contributed by atoms with Gasteiger partial charge in [-0.2, -0.15) is 0 Å². The van der Waals surface area contributed by atoms with Gasteiger partial charge in [0, 0.05) is 11.6 Å². The molecule has 118 valence electrons. The molecular formula is C18H22ClNO2. The van der Waals surface area contributed by atoms with E-state index >= 15 is 0 Å². The number of rotatable bonds is 4. The smallest absolute Gasteiger partial charge is 0.255 e. The Morgan fingerprint density at radius 1 is 1.32 bits per heavy atom. The lowest BCUT2D eigenvalue weighted by Crippen LogP contribution is -2.30. The zero-order chi connectivity index (χ0) is 15.5. The first-order valence-corrected chi connectivity index (χ1v) is 8.54. The summed E-state index contributed by atoms with van der Waals surface area (Å²) in [6.45, 7) is 2.22. The van der Waals surface area contributed by atoms with Gasteiger partial charge in [-0.15, -0.1) is 0 Å². The quantitative estimate of drug-likeness (QED) is 0.869. The molecule has 1 N–H and O–H groups in total. The van der Waals surface area contributed by atoms with Gasteiger partial charge in [0.2, 0.25) is 0 Å². The van der Waals surface area contributed by atoms with Gasteiger partial charge in [0.1, 0.15) is 11.9 Å². The van der Waals surface area contributed by atoms with E-state index in [0.29, 0.717) is 22.1 Å². The van der Waals surface area contributed by atoms with Crippen molar-refractivity contribution in [3.8, 4) is 5.75 Å². The lowest BCUT2D eigenvalue weighted by molar-refractivity contribution is 0.0873. The average molecular weight is 320 g/mol. The number of hydrogen-bond acceptors (Lipinski definition) is 2. The normalized spacial score (nSPS) is 21.9. The molecule has 1 heterocycles. The summed E-state index contributed by atoms with van der Waals surface area (Å²) < 4.78 is 6.26. The monoisotopic (exact) mass is 319 g/mol. The molecule has 1 unspecified atom stereocenters. The Hall–Kier alpha value is -1.48. The van der Waals surface area contributed by atoms with E-state index in [4.69, 9.17) is 16.3 Å². The van der Waals surface area contributed by atoms with Crippen LogP contribution in [0.1, 0.15) is 45.4 Å². The highest BCUT2D eigenvalue weighted by Crippen LogP contribution is 2.35. The summed E-state index contributed by atoms with van der Waals surface area (Å²) in [7, 11) is 0. The second-order valence-corrected chi connectivity index (χ2v) is 6.57. The molecule has 3 nitrogen and oxygen atoms in total. The van der Waals surface area contributed by atoms with Crippen molar-refractivity contribution >= 4 is 22.4 Å². The second kappa shape index (κ2) is 6.74. The van der Waals surface area contributed by atoms with E-state index in [1.807, 2.05) is 12.1 Å². The number of nitrogens with one attached hydrogen (secondary N) is 1. The van der Waals surface area contributed by atoms with Crippen molar-refractivity contribution in [1.29, 1.82) is 0 Å². The summed E-state index contributed by atoms with van der Waals surface area (Å²) in [5, 5.41) is 1.99. The van der Waals surface area contributed by atoms with E-state index in [0.717, 1.165) is 11.8 Å². The van der Waals surface area contributed by atoms with Gasteiger partial charge >= 0.3 is 0 Å². The average Bonchev–Trinajstić information content (AvgIpc) is 2.51. The van der Waals surface area contributed by atoms with E-state index in [2.05, 4.69) is 11.9 Å². The third-order valence-electron chi connectivity index (χ3n) is 4.60. The van der Waals surface area contributed by atoms with E-state index in [1.54, 1.807) is 12.3 Å². The molecular weight excluding hydrogens is 298 g/mol. The number of hydrogen-bond donors (Lipinski definition) is 1. The third kappa shape index (κ3) is 3.14. The number of ether oxygens (including phenoxy) is 1. The summed E-state index contributed by atoms with van der Waals surface area (Å²) in [6.07, 6.45) is 9.13. The molecule has 0 amide bonds. The van der Waals surface area contributed by atoms with Crippen LogP contribution in [0.4, 0.5) is 0 Å². The van der Waals surface area contributed by atoms with Crippen molar-refractivity contribution in [2.75, 3.05) is 0 Å². The third-order valence-corrected chi connectivity index (χ3v) is 4.90. The van der Waals surface area contributed by atoms with Crippen molar-refractivity contribution in [3.63, 3.8) is 0 Å². The minimum Gasteiger partial charge on any atom is -0.489 e. The number of pyridine rings is 1. The number of fused-ring (bicyclic) bond motifs is 1. The van der Waals surface area contributed by atoms with E-state index in [9.17, 15) is 4.79 Å². The lowest BCUT2D eigenvalue weighted by atomic mass is 9.83. The summed E-state index contributed by atoms with van der Waals surface area (Å²) >= 11 is 6.34. The first kappa shape index (κ1) is 15.4. The van der Waals surface area contributed by atoms with Crippen molar-refractivity contribution in [2.45, 2.75) is 51.6 Å². The van der Waals surface area contributed by atoms with Crippen LogP contribution in [-0.4, -0.2) is 11.1 Å². The van der Waals surface area contributed by atoms with E-state index in [1.165, 1.54) is 32.1 Å². The summed E-state index contributed by atoms with van der Waals surface area (Å²) in [5.74, 6) is 1.32. The van der Waals surface area contributed by atoms with Crippen molar-refractivity contribution in [1.82, 2.24) is 4.98 Å². The molecule has 3 rings (SSSR count). The van der Waals surface area contributed by atoms with Gasteiger partial charge in [0.15, 0.2) is 0 Å². The Morgan fingerprint density at radius 3 is 2.95 bits per heavy atom. The van der Waals surface area contributed by atoms with Gasteiger partial charge in [0.25, 0.3) is 5.56 Å². The number of aromatic amines is 1. The fraction of sp³-hybridized carbons (Fsp3) is 0.500. The molecule has 1 aromatic heterocycles. The SMILES string of the molecule is CCC[C@H]1CCCCC1Oc1cc2cc[nH]c(=O)c2cc1Cl. The van der Waals surface area contributed by atoms with Crippen LogP contribution in [0.3, 0.4) is 0 Å². The van der Waals surface area contributed by atoms with Crippen LogP contribution in [0.25, 0.3) is 10.8 Å². The molecule has 1 saturated carbocycles. The molecule has 1 aliphatic rings. The summed E-state index contributed by atoms with van der Waals surface area (Å²) in [6, 6.07) is 5.48. The maximum Gasteiger partial charge on any atom is 0.255 e. The maximum atomic E-state index is 11.8. The van der Waals surface area contributed by atoms with Crippen LogP contribution < -0.4 is 10.3 Å². The van der Waals surface area contributed by atoms with Gasteiger partial charge in [-0.25, -0.2) is 0 Å². The predicted molar refractivity (Wildman–Crippen MR) is 90.9 cm³/mol. The van der Waals surface area contributed by atoms with Gasteiger partial charge in [0.05, 0.1) is 5.02 Å². The number of benzene rings is 1. The molecule has 2 atom stereocenters. The fourth-order valence-electron chi connectivity index (χ4n) is 3.47. The Bertz CT molecular complexity index is 708. The number of halogens is 1. The fourth-order valence-corrected chi connectivity index (χ4v) is 3.68. The summed E-state index contributed by atoms with van der Waals surface area (Å²) in [5.41, 5.74) is -0.118. The van der Waals surface area contributed by atoms with Crippen LogP contribution in [-0.2, 0) is 0 Å². The molecule has 4 heteroatoms. The Kier molecular flexibility index (Phi) is 4.72. The molecule has 22 heavy (non-hydrogen) atoms.